The molecule has 0 heterocycles. The average Bonchev–Trinajstić information content (AvgIpc) is 2.52. The van der Waals surface area contributed by atoms with Crippen molar-refractivity contribution in [3.05, 3.63) is 35.9 Å². The summed E-state index contributed by atoms with van der Waals surface area (Å²) in [4.78, 5) is 35.5. The van der Waals surface area contributed by atoms with Crippen LogP contribution in [-0.2, 0) is 14.3 Å². The fourth-order valence-corrected chi connectivity index (χ4v) is 1.90. The monoisotopic (exact) mass is 389 g/mol. The lowest BCUT2D eigenvalue weighted by molar-refractivity contribution is -0.115. The largest absolute Gasteiger partial charge is 0.444 e. The molecule has 0 atom stereocenters. The van der Waals surface area contributed by atoms with Crippen molar-refractivity contribution in [2.45, 2.75) is 54.1 Å². The molecule has 0 saturated heterocycles. The Hall–Kier alpha value is -2.83. The van der Waals surface area contributed by atoms with Crippen molar-refractivity contribution in [3.8, 4) is 0 Å². The van der Waals surface area contributed by atoms with Gasteiger partial charge in [-0.25, -0.2) is 4.79 Å². The summed E-state index contributed by atoms with van der Waals surface area (Å²) in [5, 5.41) is 7.83. The van der Waals surface area contributed by atoms with E-state index in [0.717, 1.165) is 5.57 Å². The van der Waals surface area contributed by atoms with E-state index in [2.05, 4.69) is 16.0 Å². The minimum absolute atomic E-state index is 0.0706. The number of ether oxygens (including phenoxy) is 1. The van der Waals surface area contributed by atoms with Gasteiger partial charge in [0.15, 0.2) is 0 Å². The molecule has 7 nitrogen and oxygen atoms in total. The van der Waals surface area contributed by atoms with Crippen molar-refractivity contribution in [1.29, 1.82) is 0 Å². The summed E-state index contributed by atoms with van der Waals surface area (Å²) in [7, 11) is 0. The number of amides is 3. The Balaban J connectivity index is 2.53. The van der Waals surface area contributed by atoms with E-state index >= 15 is 0 Å². The molecule has 0 aromatic heterocycles. The van der Waals surface area contributed by atoms with Gasteiger partial charge in [0.05, 0.1) is 0 Å². The van der Waals surface area contributed by atoms with E-state index in [9.17, 15) is 14.4 Å². The number of rotatable bonds is 5. The van der Waals surface area contributed by atoms with Gasteiger partial charge < -0.3 is 20.7 Å². The van der Waals surface area contributed by atoms with Crippen LogP contribution in [0.15, 0.2) is 35.9 Å². The molecule has 0 aliphatic carbocycles. The maximum Gasteiger partial charge on any atom is 0.408 e. The molecule has 0 unspecified atom stereocenters. The number of anilines is 2. The summed E-state index contributed by atoms with van der Waals surface area (Å²) in [5.74, 6) is -0.586. The second kappa shape index (κ2) is 9.39. The normalized spacial score (nSPS) is 12.2. The van der Waals surface area contributed by atoms with Gasteiger partial charge in [-0.1, -0.05) is 26.3 Å². The van der Waals surface area contributed by atoms with Crippen LogP contribution in [0.25, 0.3) is 0 Å². The first-order valence-electron chi connectivity index (χ1n) is 9.13. The predicted molar refractivity (Wildman–Crippen MR) is 111 cm³/mol. The van der Waals surface area contributed by atoms with Gasteiger partial charge in [0.25, 0.3) is 0 Å². The lowest BCUT2D eigenvalue weighted by Crippen LogP contribution is -2.37. The van der Waals surface area contributed by atoms with Crippen molar-refractivity contribution >= 4 is 29.3 Å². The molecule has 0 fully saturated rings. The summed E-state index contributed by atoms with van der Waals surface area (Å²) in [6.07, 6.45) is 0.928. The van der Waals surface area contributed by atoms with Crippen LogP contribution in [0.1, 0.15) is 48.5 Å². The van der Waals surface area contributed by atoms with Gasteiger partial charge in [-0.3, -0.25) is 9.59 Å². The van der Waals surface area contributed by atoms with Crippen LogP contribution in [0.4, 0.5) is 16.2 Å². The van der Waals surface area contributed by atoms with Gasteiger partial charge in [-0.05, 0) is 57.4 Å². The molecule has 0 saturated carbocycles. The third kappa shape index (κ3) is 9.21. The fourth-order valence-electron chi connectivity index (χ4n) is 1.90. The van der Waals surface area contributed by atoms with Crippen molar-refractivity contribution in [2.24, 2.45) is 5.41 Å². The molecule has 1 rings (SSSR count). The molecule has 1 aromatic carbocycles. The quantitative estimate of drug-likeness (QED) is 0.661. The first kappa shape index (κ1) is 23.2. The summed E-state index contributed by atoms with van der Waals surface area (Å²) < 4.78 is 5.06. The summed E-state index contributed by atoms with van der Waals surface area (Å²) in [6, 6.07) is 6.72. The maximum absolute atomic E-state index is 12.1. The van der Waals surface area contributed by atoms with Crippen LogP contribution in [-0.4, -0.2) is 30.1 Å². The molecule has 7 heteroatoms. The predicted octanol–water partition coefficient (Wildman–Crippen LogP) is 4.08. The Kier molecular flexibility index (Phi) is 7.78. The zero-order valence-electron chi connectivity index (χ0n) is 17.7. The molecule has 0 aliphatic rings. The zero-order chi connectivity index (χ0) is 21.5. The molecule has 3 N–H and O–H groups in total. The lowest BCUT2D eigenvalue weighted by atomic mass is 9.87. The van der Waals surface area contributed by atoms with Crippen molar-refractivity contribution < 1.29 is 19.1 Å². The minimum atomic E-state index is -0.653. The van der Waals surface area contributed by atoms with Crippen molar-refractivity contribution in [2.75, 3.05) is 17.2 Å². The van der Waals surface area contributed by atoms with E-state index in [1.807, 2.05) is 27.7 Å². The van der Waals surface area contributed by atoms with E-state index in [0.29, 0.717) is 11.4 Å². The highest BCUT2D eigenvalue weighted by Gasteiger charge is 2.17. The number of benzene rings is 1. The second-order valence-electron chi connectivity index (χ2n) is 8.55. The third-order valence-corrected chi connectivity index (χ3v) is 3.76. The van der Waals surface area contributed by atoms with E-state index in [-0.39, 0.29) is 23.8 Å². The van der Waals surface area contributed by atoms with E-state index in [4.69, 9.17) is 4.74 Å². The third-order valence-electron chi connectivity index (χ3n) is 3.76. The summed E-state index contributed by atoms with van der Waals surface area (Å²) >= 11 is 0. The number of nitrogens with one attached hydrogen (secondary N) is 3. The number of hydrogen-bond donors (Lipinski definition) is 3. The van der Waals surface area contributed by atoms with Crippen LogP contribution in [0.2, 0.25) is 0 Å². The van der Waals surface area contributed by atoms with Gasteiger partial charge >= 0.3 is 6.09 Å². The SMILES string of the molecule is C/C(=C\C(=O)Nc1ccc(NC(=O)CNC(=O)OC(C)(C)C)cc1)C(C)(C)C. The standard InChI is InChI=1S/C21H31N3O4/c1-14(20(2,3)4)12-17(25)23-15-8-10-16(11-9-15)24-18(26)13-22-19(27)28-21(5,6)7/h8-12H,13H2,1-7H3,(H,22,27)(H,23,25)(H,24,26)/b14-12+. The molecule has 1 aromatic rings. The Bertz CT molecular complexity index is 738. The smallest absolute Gasteiger partial charge is 0.408 e. The number of alkyl carbamates (subject to hydrolysis) is 1. The van der Waals surface area contributed by atoms with Gasteiger partial charge in [-0.15, -0.1) is 0 Å². The number of carbonyl (C=O) groups is 3. The highest BCUT2D eigenvalue weighted by molar-refractivity contribution is 6.00. The van der Waals surface area contributed by atoms with Crippen LogP contribution in [0, 0.1) is 5.41 Å². The summed E-state index contributed by atoms with van der Waals surface area (Å²) in [6.45, 7) is 13.1. The van der Waals surface area contributed by atoms with Crippen LogP contribution >= 0.6 is 0 Å². The average molecular weight is 389 g/mol. The molecule has 0 bridgehead atoms. The molecule has 0 radical (unpaired) electrons. The van der Waals surface area contributed by atoms with E-state index in [1.165, 1.54) is 0 Å². The Labute approximate surface area is 166 Å². The summed E-state index contributed by atoms with van der Waals surface area (Å²) in [5.41, 5.74) is 1.45. The van der Waals surface area contributed by atoms with Gasteiger partial charge in [-0.2, -0.15) is 0 Å². The van der Waals surface area contributed by atoms with Crippen molar-refractivity contribution in [3.63, 3.8) is 0 Å². The van der Waals surface area contributed by atoms with Gasteiger partial charge in [0, 0.05) is 17.5 Å². The maximum atomic E-state index is 12.1. The highest BCUT2D eigenvalue weighted by atomic mass is 16.6. The molecule has 3 amide bonds. The molecule has 0 aliphatic heterocycles. The van der Waals surface area contributed by atoms with Gasteiger partial charge in [0.2, 0.25) is 11.8 Å². The highest BCUT2D eigenvalue weighted by Crippen LogP contribution is 2.24. The molecule has 28 heavy (non-hydrogen) atoms. The first-order chi connectivity index (χ1) is 12.8. The van der Waals surface area contributed by atoms with Crippen LogP contribution < -0.4 is 16.0 Å². The lowest BCUT2D eigenvalue weighted by Gasteiger charge is -2.19. The van der Waals surface area contributed by atoms with E-state index in [1.54, 1.807) is 51.1 Å². The molecular weight excluding hydrogens is 358 g/mol. The number of hydrogen-bond acceptors (Lipinski definition) is 4. The Morgan fingerprint density at radius 3 is 1.89 bits per heavy atom. The van der Waals surface area contributed by atoms with Crippen molar-refractivity contribution in [1.82, 2.24) is 5.32 Å². The van der Waals surface area contributed by atoms with Crippen LogP contribution in [0.3, 0.4) is 0 Å². The number of carbonyl (C=O) groups excluding carboxylic acids is 3. The molecule has 0 spiro atoms. The van der Waals surface area contributed by atoms with E-state index < -0.39 is 11.7 Å². The molecular formula is C21H31N3O4. The minimum Gasteiger partial charge on any atom is -0.444 e. The first-order valence-corrected chi connectivity index (χ1v) is 9.13. The topological polar surface area (TPSA) is 96.5 Å². The Morgan fingerprint density at radius 1 is 0.929 bits per heavy atom. The second-order valence-corrected chi connectivity index (χ2v) is 8.55. The Morgan fingerprint density at radius 2 is 1.43 bits per heavy atom. The van der Waals surface area contributed by atoms with Crippen LogP contribution in [0.5, 0.6) is 0 Å². The number of allylic oxidation sites excluding steroid dienone is 1. The molecule has 154 valence electrons. The zero-order valence-corrected chi connectivity index (χ0v) is 17.7. The van der Waals surface area contributed by atoms with Gasteiger partial charge in [0.1, 0.15) is 12.1 Å². The fraction of sp³-hybridized carbons (Fsp3) is 0.476.